The number of hydrogen-bond donors (Lipinski definition) is 1. The van der Waals surface area contributed by atoms with Crippen molar-refractivity contribution in [1.82, 2.24) is 10.3 Å². The van der Waals surface area contributed by atoms with Crippen LogP contribution in [0.3, 0.4) is 0 Å². The third-order valence-corrected chi connectivity index (χ3v) is 2.63. The first-order valence-corrected chi connectivity index (χ1v) is 6.17. The summed E-state index contributed by atoms with van der Waals surface area (Å²) in [5, 5.41) is 3.25. The lowest BCUT2D eigenvalue weighted by Gasteiger charge is -2.11. The normalized spacial score (nSPS) is 11.6. The Morgan fingerprint density at radius 1 is 1.53 bits per heavy atom. The van der Waals surface area contributed by atoms with Gasteiger partial charge in [0.15, 0.2) is 0 Å². The van der Waals surface area contributed by atoms with Crippen LogP contribution in [0, 0.1) is 6.92 Å². The Balaban J connectivity index is 2.75. The summed E-state index contributed by atoms with van der Waals surface area (Å²) >= 11 is 5.60. The molecule has 0 amide bonds. The summed E-state index contributed by atoms with van der Waals surface area (Å²) in [6, 6.07) is 3.90. The van der Waals surface area contributed by atoms with E-state index >= 15 is 0 Å². The monoisotopic (exact) mass is 254 g/mol. The number of nitrogens with zero attached hydrogens (tertiary/aromatic N) is 1. The molecule has 0 aliphatic carbocycles. The maximum absolute atomic E-state index is 5.69. The zero-order chi connectivity index (χ0) is 12.7. The summed E-state index contributed by atoms with van der Waals surface area (Å²) in [4.78, 5) is 4.47. The largest absolute Gasteiger partial charge is 0.487 e. The second-order valence-corrected chi connectivity index (χ2v) is 4.14. The molecule has 1 aromatic rings. The number of aryl methyl sites for hydroxylation is 1. The molecular weight excluding hydrogens is 236 g/mol. The molecule has 0 unspecified atom stereocenters. The van der Waals surface area contributed by atoms with Crippen LogP contribution in [-0.2, 0) is 6.54 Å². The zero-order valence-electron chi connectivity index (χ0n) is 10.6. The topological polar surface area (TPSA) is 34.2 Å². The minimum absolute atomic E-state index is 0.493. The van der Waals surface area contributed by atoms with Crippen LogP contribution in [-0.4, -0.2) is 18.1 Å². The van der Waals surface area contributed by atoms with Crippen molar-refractivity contribution in [3.8, 4) is 5.75 Å². The fourth-order valence-electron chi connectivity index (χ4n) is 1.32. The Hall–Kier alpha value is -1.06. The van der Waals surface area contributed by atoms with Crippen LogP contribution in [0.1, 0.15) is 25.2 Å². The molecule has 4 heteroatoms. The van der Waals surface area contributed by atoms with Gasteiger partial charge in [-0.2, -0.15) is 0 Å². The van der Waals surface area contributed by atoms with Crippen molar-refractivity contribution in [3.63, 3.8) is 0 Å². The molecule has 94 valence electrons. The molecule has 3 nitrogen and oxygen atoms in total. The molecule has 0 fully saturated rings. The molecule has 0 spiro atoms. The second kappa shape index (κ2) is 7.30. The molecular formula is C13H19ClN2O. The van der Waals surface area contributed by atoms with Gasteiger partial charge in [0.05, 0.1) is 5.69 Å². The molecule has 1 rings (SSSR count). The quantitative estimate of drug-likeness (QED) is 0.847. The smallest absolute Gasteiger partial charge is 0.142 e. The third kappa shape index (κ3) is 4.75. The van der Waals surface area contributed by atoms with Crippen molar-refractivity contribution in [1.29, 1.82) is 0 Å². The molecule has 17 heavy (non-hydrogen) atoms. The number of rotatable bonds is 6. The molecule has 0 aliphatic heterocycles. The fourth-order valence-corrected chi connectivity index (χ4v) is 1.39. The maximum atomic E-state index is 5.69. The Kier molecular flexibility index (Phi) is 6.01. The molecule has 1 N–H and O–H groups in total. The van der Waals surface area contributed by atoms with Gasteiger partial charge in [-0.25, -0.2) is 0 Å². The highest BCUT2D eigenvalue weighted by molar-refractivity contribution is 6.25. The minimum Gasteiger partial charge on any atom is -0.487 e. The van der Waals surface area contributed by atoms with Crippen LogP contribution < -0.4 is 10.1 Å². The molecule has 0 radical (unpaired) electrons. The van der Waals surface area contributed by atoms with E-state index < -0.39 is 0 Å². The lowest BCUT2D eigenvalue weighted by Crippen LogP contribution is -2.15. The van der Waals surface area contributed by atoms with Gasteiger partial charge in [-0.3, -0.25) is 4.98 Å². The molecule has 0 bridgehead atoms. The lowest BCUT2D eigenvalue weighted by molar-refractivity contribution is 0.345. The fraction of sp³-hybridized carbons (Fsp3) is 0.462. The highest BCUT2D eigenvalue weighted by atomic mass is 35.5. The molecule has 0 saturated heterocycles. The second-order valence-electron chi connectivity index (χ2n) is 3.92. The molecule has 0 atom stereocenters. The molecule has 1 heterocycles. The van der Waals surface area contributed by atoms with Crippen LogP contribution in [0.15, 0.2) is 23.2 Å². The minimum atomic E-state index is 0.493. The van der Waals surface area contributed by atoms with E-state index in [1.54, 1.807) is 0 Å². The molecule has 1 aromatic heterocycles. The summed E-state index contributed by atoms with van der Waals surface area (Å²) < 4.78 is 5.69. The highest BCUT2D eigenvalue weighted by Crippen LogP contribution is 2.17. The first-order chi connectivity index (χ1) is 8.17. The van der Waals surface area contributed by atoms with E-state index in [1.807, 2.05) is 26.0 Å². The maximum Gasteiger partial charge on any atom is 0.142 e. The van der Waals surface area contributed by atoms with Gasteiger partial charge in [0, 0.05) is 17.8 Å². The summed E-state index contributed by atoms with van der Waals surface area (Å²) in [6.07, 6.45) is 0. The number of nitrogens with one attached hydrogen (secondary N) is 1. The van der Waals surface area contributed by atoms with E-state index in [9.17, 15) is 0 Å². The van der Waals surface area contributed by atoms with E-state index in [-0.39, 0.29) is 0 Å². The third-order valence-electron chi connectivity index (χ3n) is 2.26. The van der Waals surface area contributed by atoms with Crippen LogP contribution in [0.25, 0.3) is 0 Å². The molecule has 0 aromatic carbocycles. The van der Waals surface area contributed by atoms with Crippen molar-refractivity contribution in [2.24, 2.45) is 0 Å². The highest BCUT2D eigenvalue weighted by Gasteiger charge is 2.05. The van der Waals surface area contributed by atoms with Gasteiger partial charge in [0.1, 0.15) is 12.4 Å². The summed E-state index contributed by atoms with van der Waals surface area (Å²) in [5.41, 5.74) is 4.46. The molecule has 0 saturated carbocycles. The number of aromatic nitrogens is 1. The summed E-state index contributed by atoms with van der Waals surface area (Å²) in [6.45, 7) is 8.10. The predicted molar refractivity (Wildman–Crippen MR) is 71.5 cm³/mol. The van der Waals surface area contributed by atoms with Crippen molar-refractivity contribution in [2.45, 2.75) is 27.3 Å². The van der Waals surface area contributed by atoms with E-state index in [2.05, 4.69) is 17.2 Å². The van der Waals surface area contributed by atoms with Crippen molar-refractivity contribution >= 4 is 11.6 Å². The van der Waals surface area contributed by atoms with Crippen LogP contribution in [0.2, 0.25) is 0 Å². The average molecular weight is 255 g/mol. The average Bonchev–Trinajstić information content (AvgIpc) is 2.34. The van der Waals surface area contributed by atoms with Gasteiger partial charge in [-0.15, -0.1) is 0 Å². The number of ether oxygens (including phenoxy) is 1. The van der Waals surface area contributed by atoms with Crippen LogP contribution in [0.5, 0.6) is 5.75 Å². The van der Waals surface area contributed by atoms with Crippen molar-refractivity contribution < 1.29 is 4.74 Å². The number of halogens is 1. The Labute approximate surface area is 108 Å². The first kappa shape index (κ1) is 14.0. The van der Waals surface area contributed by atoms with Crippen LogP contribution in [0.4, 0.5) is 0 Å². The van der Waals surface area contributed by atoms with E-state index in [1.165, 1.54) is 5.54 Å². The zero-order valence-corrected chi connectivity index (χ0v) is 11.3. The summed E-state index contributed by atoms with van der Waals surface area (Å²) in [7, 11) is 0. The van der Waals surface area contributed by atoms with Gasteiger partial charge >= 0.3 is 0 Å². The van der Waals surface area contributed by atoms with Gasteiger partial charge in [-0.1, -0.05) is 18.5 Å². The number of pyridine rings is 1. The van der Waals surface area contributed by atoms with E-state index in [4.69, 9.17) is 16.3 Å². The van der Waals surface area contributed by atoms with Gasteiger partial charge in [0.2, 0.25) is 0 Å². The van der Waals surface area contributed by atoms with Gasteiger partial charge < -0.3 is 10.1 Å². The van der Waals surface area contributed by atoms with E-state index in [0.29, 0.717) is 6.61 Å². The summed E-state index contributed by atoms with van der Waals surface area (Å²) in [5.74, 6) is 0.814. The standard InChI is InChI=1S/C13H19ClN2O/c1-4-15-8-12-13(6-5-11(3)16-12)17-9-10(2)7-14/h5-7,15H,4,8-9H2,1-3H3/b10-7+. The Bertz CT molecular complexity index is 391. The first-order valence-electron chi connectivity index (χ1n) is 5.73. The van der Waals surface area contributed by atoms with Crippen molar-refractivity contribution in [2.75, 3.05) is 13.2 Å². The van der Waals surface area contributed by atoms with Gasteiger partial charge in [0.25, 0.3) is 0 Å². The van der Waals surface area contributed by atoms with Crippen LogP contribution >= 0.6 is 11.6 Å². The van der Waals surface area contributed by atoms with Crippen molar-refractivity contribution in [3.05, 3.63) is 34.6 Å². The van der Waals surface area contributed by atoms with Gasteiger partial charge in [-0.05, 0) is 38.1 Å². The predicted octanol–water partition coefficient (Wildman–Crippen LogP) is 3.02. The van der Waals surface area contributed by atoms with E-state index in [0.717, 1.165) is 35.8 Å². The number of hydrogen-bond acceptors (Lipinski definition) is 3. The Morgan fingerprint density at radius 2 is 2.29 bits per heavy atom. The molecule has 0 aliphatic rings. The SMILES string of the molecule is CCNCc1nc(C)ccc1OC/C(C)=C/Cl. The lowest BCUT2D eigenvalue weighted by atomic mass is 10.2. The Morgan fingerprint density at radius 3 is 2.94 bits per heavy atom.